The molecule has 1 amide bonds. The van der Waals surface area contributed by atoms with Crippen molar-refractivity contribution in [3.8, 4) is 0 Å². The number of carbonyl (C=O) groups excluding carboxylic acids is 1. The van der Waals surface area contributed by atoms with Crippen LogP contribution in [0.5, 0.6) is 0 Å². The van der Waals surface area contributed by atoms with Crippen LogP contribution >= 0.6 is 0 Å². The number of aliphatic carboxylic acids is 1. The largest absolute Gasteiger partial charge is 0.481 e. The fraction of sp³-hybridized carbons (Fsp3) is 0.867. The third kappa shape index (κ3) is 3.51. The molecular weight excluding hydrogens is 256 g/mol. The summed E-state index contributed by atoms with van der Waals surface area (Å²) in [4.78, 5) is 23.2. The van der Waals surface area contributed by atoms with Crippen molar-refractivity contribution < 1.29 is 14.7 Å². The summed E-state index contributed by atoms with van der Waals surface area (Å²) in [7, 11) is 0. The van der Waals surface area contributed by atoms with Crippen molar-refractivity contribution in [3.63, 3.8) is 0 Å². The van der Waals surface area contributed by atoms with Crippen LogP contribution in [0.3, 0.4) is 0 Å². The number of piperidine rings is 1. The van der Waals surface area contributed by atoms with E-state index in [-0.39, 0.29) is 12.5 Å². The van der Waals surface area contributed by atoms with E-state index in [2.05, 4.69) is 10.6 Å². The zero-order valence-corrected chi connectivity index (χ0v) is 12.4. The molecule has 2 rings (SSSR count). The van der Waals surface area contributed by atoms with Crippen LogP contribution < -0.4 is 10.6 Å². The van der Waals surface area contributed by atoms with Gasteiger partial charge in [0.25, 0.3) is 0 Å². The maximum atomic E-state index is 12.0. The van der Waals surface area contributed by atoms with E-state index >= 15 is 0 Å². The number of hydrogen-bond donors (Lipinski definition) is 3. The molecular formula is C15H26N2O3. The number of hydrogen-bond acceptors (Lipinski definition) is 3. The number of nitrogens with one attached hydrogen (secondary N) is 2. The van der Waals surface area contributed by atoms with Gasteiger partial charge in [0.1, 0.15) is 0 Å². The third-order valence-electron chi connectivity index (χ3n) is 5.02. The van der Waals surface area contributed by atoms with Gasteiger partial charge in [-0.15, -0.1) is 0 Å². The van der Waals surface area contributed by atoms with Crippen LogP contribution in [0, 0.1) is 11.3 Å². The van der Waals surface area contributed by atoms with Crippen LogP contribution in [-0.4, -0.2) is 35.6 Å². The van der Waals surface area contributed by atoms with E-state index in [9.17, 15) is 14.7 Å². The first-order valence-corrected chi connectivity index (χ1v) is 7.69. The number of amides is 1. The topological polar surface area (TPSA) is 78.4 Å². The Balaban J connectivity index is 1.77. The summed E-state index contributed by atoms with van der Waals surface area (Å²) in [6.45, 7) is 3.74. The van der Waals surface area contributed by atoms with Crippen LogP contribution in [0.1, 0.15) is 52.4 Å². The van der Waals surface area contributed by atoms with E-state index < -0.39 is 11.4 Å². The summed E-state index contributed by atoms with van der Waals surface area (Å²) in [5, 5.41) is 15.6. The zero-order chi connectivity index (χ0) is 14.8. The molecule has 0 aliphatic carbocycles. The van der Waals surface area contributed by atoms with Gasteiger partial charge >= 0.3 is 5.97 Å². The van der Waals surface area contributed by atoms with Crippen molar-refractivity contribution in [2.24, 2.45) is 11.3 Å². The summed E-state index contributed by atoms with van der Waals surface area (Å²) < 4.78 is 0. The molecule has 3 atom stereocenters. The Hall–Kier alpha value is -1.10. The van der Waals surface area contributed by atoms with Crippen LogP contribution in [0.4, 0.5) is 0 Å². The van der Waals surface area contributed by atoms with Crippen molar-refractivity contribution in [1.82, 2.24) is 10.6 Å². The normalized spacial score (nSPS) is 31.6. The van der Waals surface area contributed by atoms with E-state index in [1.54, 1.807) is 6.92 Å². The second kappa shape index (κ2) is 6.12. The molecule has 0 aromatic carbocycles. The molecule has 0 radical (unpaired) electrons. The van der Waals surface area contributed by atoms with Crippen LogP contribution in [0.25, 0.3) is 0 Å². The lowest BCUT2D eigenvalue weighted by atomic mass is 9.87. The second-order valence-corrected chi connectivity index (χ2v) is 6.68. The summed E-state index contributed by atoms with van der Waals surface area (Å²) >= 11 is 0. The molecule has 5 nitrogen and oxygen atoms in total. The van der Waals surface area contributed by atoms with Gasteiger partial charge in [-0.3, -0.25) is 9.59 Å². The van der Waals surface area contributed by atoms with Crippen molar-refractivity contribution in [2.45, 2.75) is 64.5 Å². The van der Waals surface area contributed by atoms with E-state index in [1.165, 1.54) is 12.8 Å². The molecule has 3 unspecified atom stereocenters. The quantitative estimate of drug-likeness (QED) is 0.690. The van der Waals surface area contributed by atoms with E-state index in [1.807, 2.05) is 6.92 Å². The minimum atomic E-state index is -0.858. The lowest BCUT2D eigenvalue weighted by Gasteiger charge is -2.29. The lowest BCUT2D eigenvalue weighted by molar-refractivity contribution is -0.148. The van der Waals surface area contributed by atoms with Gasteiger partial charge in [-0.2, -0.15) is 0 Å². The molecule has 0 spiro atoms. The third-order valence-corrected chi connectivity index (χ3v) is 5.02. The lowest BCUT2D eigenvalue weighted by Crippen LogP contribution is -2.43. The van der Waals surface area contributed by atoms with E-state index in [0.717, 1.165) is 12.8 Å². The molecule has 2 heterocycles. The monoisotopic (exact) mass is 282 g/mol. The minimum Gasteiger partial charge on any atom is -0.481 e. The van der Waals surface area contributed by atoms with Gasteiger partial charge in [0.15, 0.2) is 0 Å². The number of carboxylic acid groups (broad SMARTS) is 1. The Bertz CT molecular complexity index is 373. The van der Waals surface area contributed by atoms with Crippen LogP contribution in [0.2, 0.25) is 0 Å². The second-order valence-electron chi connectivity index (χ2n) is 6.68. The van der Waals surface area contributed by atoms with Gasteiger partial charge in [0, 0.05) is 25.0 Å². The van der Waals surface area contributed by atoms with Gasteiger partial charge < -0.3 is 15.7 Å². The number of fused-ring (bicyclic) bond motifs is 2. The van der Waals surface area contributed by atoms with Crippen molar-refractivity contribution in [3.05, 3.63) is 0 Å². The van der Waals surface area contributed by atoms with Gasteiger partial charge in [0.05, 0.1) is 5.41 Å². The summed E-state index contributed by atoms with van der Waals surface area (Å²) in [6, 6.07) is 1.18. The Morgan fingerprint density at radius 3 is 2.40 bits per heavy atom. The first-order valence-electron chi connectivity index (χ1n) is 7.69. The number of carbonyl (C=O) groups is 2. The Kier molecular flexibility index (Phi) is 4.68. The highest BCUT2D eigenvalue weighted by Crippen LogP contribution is 2.32. The average molecular weight is 282 g/mol. The van der Waals surface area contributed by atoms with Gasteiger partial charge in [-0.1, -0.05) is 6.92 Å². The van der Waals surface area contributed by atoms with Crippen LogP contribution in [0.15, 0.2) is 0 Å². The Morgan fingerprint density at radius 1 is 1.30 bits per heavy atom. The van der Waals surface area contributed by atoms with Crippen molar-refractivity contribution >= 4 is 11.9 Å². The fourth-order valence-corrected chi connectivity index (χ4v) is 3.32. The first-order chi connectivity index (χ1) is 9.43. The highest BCUT2D eigenvalue weighted by atomic mass is 16.4. The molecule has 5 heteroatoms. The molecule has 114 valence electrons. The molecule has 2 aliphatic rings. The van der Waals surface area contributed by atoms with E-state index in [0.29, 0.717) is 30.8 Å². The molecule has 3 N–H and O–H groups in total. The highest BCUT2D eigenvalue weighted by Gasteiger charge is 2.35. The SMILES string of the molecule is CCC(C)(CNC(=O)CC1CC2CCC(C1)N2)C(=O)O. The van der Waals surface area contributed by atoms with Gasteiger partial charge in [0.2, 0.25) is 5.91 Å². The Labute approximate surface area is 120 Å². The standard InChI is InChI=1S/C15H26N2O3/c1-3-15(2,14(19)20)9-16-13(18)8-10-6-11-4-5-12(7-10)17-11/h10-12,17H,3-9H2,1-2H3,(H,16,18)(H,19,20). The summed E-state index contributed by atoms with van der Waals surface area (Å²) in [6.07, 6.45) is 5.67. The highest BCUT2D eigenvalue weighted by molar-refractivity contribution is 5.79. The molecule has 0 saturated carbocycles. The molecule has 0 aromatic heterocycles. The molecule has 2 bridgehead atoms. The molecule has 2 saturated heterocycles. The van der Waals surface area contributed by atoms with Crippen molar-refractivity contribution in [1.29, 1.82) is 0 Å². The molecule has 20 heavy (non-hydrogen) atoms. The Morgan fingerprint density at radius 2 is 1.90 bits per heavy atom. The predicted octanol–water partition coefficient (Wildman–Crippen LogP) is 1.52. The number of carboxylic acids is 1. The van der Waals surface area contributed by atoms with E-state index in [4.69, 9.17) is 0 Å². The molecule has 0 aromatic rings. The molecule has 2 aliphatic heterocycles. The van der Waals surface area contributed by atoms with Gasteiger partial charge in [-0.25, -0.2) is 0 Å². The number of rotatable bonds is 6. The summed E-state index contributed by atoms with van der Waals surface area (Å²) in [5.41, 5.74) is -0.858. The fourth-order valence-electron chi connectivity index (χ4n) is 3.32. The summed E-state index contributed by atoms with van der Waals surface area (Å²) in [5.74, 6) is -0.399. The molecule has 2 fully saturated rings. The zero-order valence-electron chi connectivity index (χ0n) is 12.4. The average Bonchev–Trinajstić information content (AvgIpc) is 2.75. The first kappa shape index (κ1) is 15.3. The smallest absolute Gasteiger partial charge is 0.311 e. The predicted molar refractivity (Wildman–Crippen MR) is 76.3 cm³/mol. The van der Waals surface area contributed by atoms with Crippen LogP contribution in [-0.2, 0) is 9.59 Å². The van der Waals surface area contributed by atoms with Crippen molar-refractivity contribution in [2.75, 3.05) is 6.54 Å². The maximum Gasteiger partial charge on any atom is 0.311 e. The van der Waals surface area contributed by atoms with Gasteiger partial charge in [-0.05, 0) is 44.9 Å². The minimum absolute atomic E-state index is 0.00257. The maximum absolute atomic E-state index is 12.0.